The van der Waals surface area contributed by atoms with Crippen molar-refractivity contribution in [2.24, 2.45) is 0 Å². The van der Waals surface area contributed by atoms with Crippen molar-refractivity contribution in [3.05, 3.63) is 59.7 Å². The number of rotatable bonds is 6. The summed E-state index contributed by atoms with van der Waals surface area (Å²) in [4.78, 5) is 16.8. The van der Waals surface area contributed by atoms with Gasteiger partial charge in [-0.2, -0.15) is 0 Å². The number of carbonyl (C=O) groups is 1. The van der Waals surface area contributed by atoms with E-state index in [1.165, 1.54) is 11.1 Å². The molecule has 0 aromatic heterocycles. The lowest BCUT2D eigenvalue weighted by Gasteiger charge is -2.22. The Labute approximate surface area is 161 Å². The van der Waals surface area contributed by atoms with Crippen LogP contribution in [0.4, 0.5) is 0 Å². The molecule has 2 aromatic rings. The lowest BCUT2D eigenvalue weighted by molar-refractivity contribution is -0.133. The summed E-state index contributed by atoms with van der Waals surface area (Å²) in [7, 11) is 1.68. The molecular formula is C22H28N2O3. The van der Waals surface area contributed by atoms with Crippen molar-refractivity contribution < 1.29 is 14.3 Å². The molecule has 1 aliphatic heterocycles. The molecule has 1 aliphatic rings. The van der Waals surface area contributed by atoms with E-state index in [0.29, 0.717) is 0 Å². The topological polar surface area (TPSA) is 42.0 Å². The molecule has 5 heteroatoms. The summed E-state index contributed by atoms with van der Waals surface area (Å²) in [6.07, 6.45) is 0.979. The zero-order valence-electron chi connectivity index (χ0n) is 16.2. The summed E-state index contributed by atoms with van der Waals surface area (Å²) in [5.41, 5.74) is 2.44. The van der Waals surface area contributed by atoms with Crippen LogP contribution in [0.5, 0.6) is 11.5 Å². The number of amides is 1. The molecule has 0 unspecified atom stereocenters. The highest BCUT2D eigenvalue weighted by atomic mass is 16.5. The maximum absolute atomic E-state index is 12.5. The molecule has 144 valence electrons. The second kappa shape index (κ2) is 9.42. The van der Waals surface area contributed by atoms with Crippen LogP contribution < -0.4 is 9.47 Å². The van der Waals surface area contributed by atoms with Gasteiger partial charge in [-0.1, -0.05) is 29.8 Å². The van der Waals surface area contributed by atoms with Crippen LogP contribution in [0, 0.1) is 6.92 Å². The SMILES string of the molecule is COc1ccc(CN2CCCN(C(=O)COc3ccc(C)cc3)CC2)cc1. The fourth-order valence-electron chi connectivity index (χ4n) is 3.24. The van der Waals surface area contributed by atoms with Crippen LogP contribution in [0.25, 0.3) is 0 Å². The minimum atomic E-state index is 0.0573. The molecule has 1 amide bonds. The average molecular weight is 368 g/mol. The van der Waals surface area contributed by atoms with Gasteiger partial charge in [-0.15, -0.1) is 0 Å². The van der Waals surface area contributed by atoms with Crippen molar-refractivity contribution in [2.75, 3.05) is 39.9 Å². The number of carbonyl (C=O) groups excluding carboxylic acids is 1. The predicted molar refractivity (Wildman–Crippen MR) is 106 cm³/mol. The van der Waals surface area contributed by atoms with Crippen molar-refractivity contribution in [1.82, 2.24) is 9.80 Å². The van der Waals surface area contributed by atoms with Gasteiger partial charge in [-0.3, -0.25) is 9.69 Å². The van der Waals surface area contributed by atoms with Gasteiger partial charge < -0.3 is 14.4 Å². The highest BCUT2D eigenvalue weighted by Crippen LogP contribution is 2.15. The first-order chi connectivity index (χ1) is 13.1. The van der Waals surface area contributed by atoms with E-state index >= 15 is 0 Å². The monoisotopic (exact) mass is 368 g/mol. The van der Waals surface area contributed by atoms with Crippen LogP contribution in [-0.2, 0) is 11.3 Å². The average Bonchev–Trinajstić information content (AvgIpc) is 2.93. The molecule has 27 heavy (non-hydrogen) atoms. The first-order valence-electron chi connectivity index (χ1n) is 9.46. The van der Waals surface area contributed by atoms with Crippen LogP contribution in [0.15, 0.2) is 48.5 Å². The molecule has 1 fully saturated rings. The molecule has 0 N–H and O–H groups in total. The number of methoxy groups -OCH3 is 1. The molecule has 3 rings (SSSR count). The number of aryl methyl sites for hydroxylation is 1. The smallest absolute Gasteiger partial charge is 0.260 e. The Kier molecular flexibility index (Phi) is 6.71. The van der Waals surface area contributed by atoms with Gasteiger partial charge in [0.05, 0.1) is 7.11 Å². The molecule has 0 spiro atoms. The zero-order valence-corrected chi connectivity index (χ0v) is 16.2. The fraction of sp³-hybridized carbons (Fsp3) is 0.409. The van der Waals surface area contributed by atoms with Crippen molar-refractivity contribution in [2.45, 2.75) is 19.9 Å². The number of benzene rings is 2. The van der Waals surface area contributed by atoms with Gasteiger partial charge in [0.1, 0.15) is 11.5 Å². The largest absolute Gasteiger partial charge is 0.497 e. The quantitative estimate of drug-likeness (QED) is 0.786. The van der Waals surface area contributed by atoms with Gasteiger partial charge in [-0.25, -0.2) is 0 Å². The Morgan fingerprint density at radius 1 is 0.926 bits per heavy atom. The third kappa shape index (κ3) is 5.73. The molecule has 1 saturated heterocycles. The number of hydrogen-bond acceptors (Lipinski definition) is 4. The van der Waals surface area contributed by atoms with Crippen LogP contribution in [-0.4, -0.2) is 55.6 Å². The van der Waals surface area contributed by atoms with E-state index in [1.807, 2.05) is 48.2 Å². The standard InChI is InChI=1S/C22H28N2O3/c1-18-4-8-21(9-5-18)27-17-22(25)24-13-3-12-23(14-15-24)16-19-6-10-20(26-2)11-7-19/h4-11H,3,12-17H2,1-2H3. The maximum atomic E-state index is 12.5. The highest BCUT2D eigenvalue weighted by molar-refractivity contribution is 5.77. The molecule has 5 nitrogen and oxygen atoms in total. The molecule has 0 radical (unpaired) electrons. The summed E-state index contributed by atoms with van der Waals surface area (Å²) in [6.45, 7) is 6.43. The van der Waals surface area contributed by atoms with Crippen LogP contribution in [0.2, 0.25) is 0 Å². The summed E-state index contributed by atoms with van der Waals surface area (Å²) in [5.74, 6) is 1.67. The summed E-state index contributed by atoms with van der Waals surface area (Å²) < 4.78 is 10.9. The van der Waals surface area contributed by atoms with Gasteiger partial charge in [0.25, 0.3) is 5.91 Å². The lowest BCUT2D eigenvalue weighted by Crippen LogP contribution is -2.38. The molecule has 1 heterocycles. The van der Waals surface area contributed by atoms with Crippen LogP contribution >= 0.6 is 0 Å². The van der Waals surface area contributed by atoms with Gasteiger partial charge in [0.15, 0.2) is 6.61 Å². The van der Waals surface area contributed by atoms with E-state index < -0.39 is 0 Å². The van der Waals surface area contributed by atoms with Crippen molar-refractivity contribution in [1.29, 1.82) is 0 Å². The number of nitrogens with zero attached hydrogens (tertiary/aromatic N) is 2. The molecule has 2 aromatic carbocycles. The Morgan fingerprint density at radius 3 is 2.33 bits per heavy atom. The Bertz CT molecular complexity index is 728. The summed E-state index contributed by atoms with van der Waals surface area (Å²) >= 11 is 0. The fourth-order valence-corrected chi connectivity index (χ4v) is 3.24. The minimum absolute atomic E-state index is 0.0573. The molecule has 0 atom stereocenters. The number of hydrogen-bond donors (Lipinski definition) is 0. The maximum Gasteiger partial charge on any atom is 0.260 e. The normalized spacial score (nSPS) is 15.3. The van der Waals surface area contributed by atoms with Gasteiger partial charge >= 0.3 is 0 Å². The van der Waals surface area contributed by atoms with E-state index in [9.17, 15) is 4.79 Å². The zero-order chi connectivity index (χ0) is 19.1. The lowest BCUT2D eigenvalue weighted by atomic mass is 10.2. The molecule has 0 bridgehead atoms. The van der Waals surface area contributed by atoms with E-state index in [0.717, 1.165) is 50.6 Å². The van der Waals surface area contributed by atoms with Crippen LogP contribution in [0.3, 0.4) is 0 Å². The van der Waals surface area contributed by atoms with Crippen LogP contribution in [0.1, 0.15) is 17.5 Å². The first kappa shape index (κ1) is 19.2. The highest BCUT2D eigenvalue weighted by Gasteiger charge is 2.19. The first-order valence-corrected chi connectivity index (χ1v) is 9.46. The number of ether oxygens (including phenoxy) is 2. The van der Waals surface area contributed by atoms with E-state index in [4.69, 9.17) is 9.47 Å². The third-order valence-corrected chi connectivity index (χ3v) is 4.89. The van der Waals surface area contributed by atoms with Gasteiger partial charge in [0, 0.05) is 32.7 Å². The summed E-state index contributed by atoms with van der Waals surface area (Å²) in [6, 6.07) is 16.0. The Hall–Kier alpha value is -2.53. The van der Waals surface area contributed by atoms with Crippen molar-refractivity contribution in [3.8, 4) is 11.5 Å². The van der Waals surface area contributed by atoms with Crippen molar-refractivity contribution in [3.63, 3.8) is 0 Å². The van der Waals surface area contributed by atoms with Gasteiger partial charge in [-0.05, 0) is 43.2 Å². The molecule has 0 aliphatic carbocycles. The van der Waals surface area contributed by atoms with Gasteiger partial charge in [0.2, 0.25) is 0 Å². The van der Waals surface area contributed by atoms with E-state index in [-0.39, 0.29) is 12.5 Å². The minimum Gasteiger partial charge on any atom is -0.497 e. The third-order valence-electron chi connectivity index (χ3n) is 4.89. The molecular weight excluding hydrogens is 340 g/mol. The predicted octanol–water partition coefficient (Wildman–Crippen LogP) is 3.12. The van der Waals surface area contributed by atoms with E-state index in [1.54, 1.807) is 7.11 Å². The Balaban J connectivity index is 1.46. The van der Waals surface area contributed by atoms with E-state index in [2.05, 4.69) is 17.0 Å². The molecule has 0 saturated carbocycles. The second-order valence-corrected chi connectivity index (χ2v) is 6.96. The Morgan fingerprint density at radius 2 is 1.63 bits per heavy atom. The summed E-state index contributed by atoms with van der Waals surface area (Å²) in [5, 5.41) is 0. The van der Waals surface area contributed by atoms with Crippen molar-refractivity contribution >= 4 is 5.91 Å². The second-order valence-electron chi connectivity index (χ2n) is 6.96.